The first kappa shape index (κ1) is 20.5. The highest BCUT2D eigenvalue weighted by atomic mass is 16.5. The third kappa shape index (κ3) is 4.80. The van der Waals surface area contributed by atoms with E-state index in [1.165, 1.54) is 0 Å². The summed E-state index contributed by atoms with van der Waals surface area (Å²) >= 11 is 0. The van der Waals surface area contributed by atoms with Crippen LogP contribution in [0.5, 0.6) is 17.2 Å². The second kappa shape index (κ2) is 9.32. The molecule has 29 heavy (non-hydrogen) atoms. The summed E-state index contributed by atoms with van der Waals surface area (Å²) in [6.45, 7) is 1.97. The van der Waals surface area contributed by atoms with Crippen molar-refractivity contribution in [2.75, 3.05) is 47.5 Å². The van der Waals surface area contributed by atoms with Crippen molar-refractivity contribution in [2.45, 2.75) is 6.42 Å². The van der Waals surface area contributed by atoms with Crippen molar-refractivity contribution < 1.29 is 23.8 Å². The van der Waals surface area contributed by atoms with Gasteiger partial charge in [-0.25, -0.2) is 0 Å². The number of nitrogens with zero attached hydrogens (tertiary/aromatic N) is 2. The Labute approximate surface area is 170 Å². The molecule has 7 heteroatoms. The van der Waals surface area contributed by atoms with Crippen LogP contribution in [0, 0.1) is 0 Å². The first-order chi connectivity index (χ1) is 14.0. The average Bonchev–Trinajstić information content (AvgIpc) is 2.78. The molecule has 0 atom stereocenters. The smallest absolute Gasteiger partial charge is 0.254 e. The third-order valence-corrected chi connectivity index (χ3v) is 5.05. The Balaban J connectivity index is 1.61. The van der Waals surface area contributed by atoms with Gasteiger partial charge in [0.2, 0.25) is 5.91 Å². The number of methoxy groups -OCH3 is 3. The van der Waals surface area contributed by atoms with Crippen LogP contribution in [0.2, 0.25) is 0 Å². The SMILES string of the molecule is COc1cc(OC)cc(C(=O)N2CCN(C(=O)Cc3ccccc3OC)CC2)c1. The van der Waals surface area contributed by atoms with Crippen LogP contribution >= 0.6 is 0 Å². The van der Waals surface area contributed by atoms with Gasteiger partial charge in [0.1, 0.15) is 17.2 Å². The Bertz CT molecular complexity index is 853. The van der Waals surface area contributed by atoms with Crippen molar-refractivity contribution in [1.29, 1.82) is 0 Å². The summed E-state index contributed by atoms with van der Waals surface area (Å²) in [5, 5.41) is 0. The molecule has 154 valence electrons. The number of ether oxygens (including phenoxy) is 3. The normalized spacial score (nSPS) is 13.8. The number of hydrogen-bond acceptors (Lipinski definition) is 5. The molecule has 0 N–H and O–H groups in total. The molecule has 0 aliphatic carbocycles. The number of para-hydroxylation sites is 1. The number of piperazine rings is 1. The Kier molecular flexibility index (Phi) is 6.59. The summed E-state index contributed by atoms with van der Waals surface area (Å²) in [4.78, 5) is 29.1. The molecule has 0 unspecified atom stereocenters. The molecule has 2 aromatic rings. The predicted molar refractivity (Wildman–Crippen MR) is 109 cm³/mol. The summed E-state index contributed by atoms with van der Waals surface area (Å²) < 4.78 is 15.8. The van der Waals surface area contributed by atoms with Gasteiger partial charge in [0.15, 0.2) is 0 Å². The maximum Gasteiger partial charge on any atom is 0.254 e. The second-order valence-corrected chi connectivity index (χ2v) is 6.76. The zero-order valence-corrected chi connectivity index (χ0v) is 17.0. The van der Waals surface area contributed by atoms with Crippen LogP contribution in [0.3, 0.4) is 0 Å². The van der Waals surface area contributed by atoms with Crippen molar-refractivity contribution in [1.82, 2.24) is 9.80 Å². The number of carbonyl (C=O) groups is 2. The lowest BCUT2D eigenvalue weighted by Crippen LogP contribution is -2.51. The van der Waals surface area contributed by atoms with Crippen molar-refractivity contribution in [3.05, 3.63) is 53.6 Å². The monoisotopic (exact) mass is 398 g/mol. The molecule has 0 bridgehead atoms. The molecule has 2 amide bonds. The van der Waals surface area contributed by atoms with E-state index in [1.807, 2.05) is 24.3 Å². The maximum absolute atomic E-state index is 12.9. The Morgan fingerprint density at radius 2 is 1.41 bits per heavy atom. The average molecular weight is 398 g/mol. The first-order valence-electron chi connectivity index (χ1n) is 9.47. The number of rotatable bonds is 6. The largest absolute Gasteiger partial charge is 0.497 e. The van der Waals surface area contributed by atoms with Crippen LogP contribution < -0.4 is 14.2 Å². The molecule has 0 spiro atoms. The van der Waals surface area contributed by atoms with Gasteiger partial charge in [-0.15, -0.1) is 0 Å². The quantitative estimate of drug-likeness (QED) is 0.747. The minimum atomic E-state index is -0.0981. The molecule has 1 heterocycles. The van der Waals surface area contributed by atoms with Gasteiger partial charge in [0.05, 0.1) is 27.8 Å². The van der Waals surface area contributed by atoms with E-state index in [0.717, 1.165) is 5.56 Å². The number of amides is 2. The van der Waals surface area contributed by atoms with E-state index < -0.39 is 0 Å². The number of benzene rings is 2. The van der Waals surface area contributed by atoms with Gasteiger partial charge in [-0.05, 0) is 18.2 Å². The number of carbonyl (C=O) groups excluding carboxylic acids is 2. The van der Waals surface area contributed by atoms with Crippen LogP contribution in [0.15, 0.2) is 42.5 Å². The van der Waals surface area contributed by atoms with Crippen LogP contribution in [0.25, 0.3) is 0 Å². The number of hydrogen-bond donors (Lipinski definition) is 0. The van der Waals surface area contributed by atoms with Gasteiger partial charge in [-0.2, -0.15) is 0 Å². The van der Waals surface area contributed by atoms with Gasteiger partial charge < -0.3 is 24.0 Å². The fourth-order valence-electron chi connectivity index (χ4n) is 3.40. The highest BCUT2D eigenvalue weighted by Crippen LogP contribution is 2.24. The fourth-order valence-corrected chi connectivity index (χ4v) is 3.40. The van der Waals surface area contributed by atoms with Crippen LogP contribution in [-0.4, -0.2) is 69.1 Å². The van der Waals surface area contributed by atoms with Gasteiger partial charge in [-0.1, -0.05) is 18.2 Å². The van der Waals surface area contributed by atoms with E-state index in [9.17, 15) is 9.59 Å². The molecule has 0 radical (unpaired) electrons. The van der Waals surface area contributed by atoms with E-state index in [-0.39, 0.29) is 18.2 Å². The molecule has 1 aliphatic heterocycles. The fraction of sp³-hybridized carbons (Fsp3) is 0.364. The van der Waals surface area contributed by atoms with E-state index >= 15 is 0 Å². The van der Waals surface area contributed by atoms with E-state index in [0.29, 0.717) is 49.0 Å². The van der Waals surface area contributed by atoms with Crippen molar-refractivity contribution >= 4 is 11.8 Å². The van der Waals surface area contributed by atoms with E-state index in [1.54, 1.807) is 49.3 Å². The van der Waals surface area contributed by atoms with Crippen LogP contribution in [-0.2, 0) is 11.2 Å². The van der Waals surface area contributed by atoms with Gasteiger partial charge >= 0.3 is 0 Å². The van der Waals surface area contributed by atoms with E-state index in [2.05, 4.69) is 0 Å². The lowest BCUT2D eigenvalue weighted by Gasteiger charge is -2.35. The zero-order chi connectivity index (χ0) is 20.8. The molecule has 1 fully saturated rings. The summed E-state index contributed by atoms with van der Waals surface area (Å²) in [5.41, 5.74) is 1.37. The highest BCUT2D eigenvalue weighted by molar-refractivity contribution is 5.95. The Hall–Kier alpha value is -3.22. The summed E-state index contributed by atoms with van der Waals surface area (Å²) in [6, 6.07) is 12.6. The van der Waals surface area contributed by atoms with Gasteiger partial charge in [0, 0.05) is 43.4 Å². The Morgan fingerprint density at radius 1 is 0.828 bits per heavy atom. The summed E-state index contributed by atoms with van der Waals surface area (Å²) in [5.74, 6) is 1.78. The lowest BCUT2D eigenvalue weighted by atomic mass is 10.1. The molecular weight excluding hydrogens is 372 g/mol. The van der Waals surface area contributed by atoms with Crippen LogP contribution in [0.4, 0.5) is 0 Å². The lowest BCUT2D eigenvalue weighted by molar-refractivity contribution is -0.131. The molecule has 2 aromatic carbocycles. The second-order valence-electron chi connectivity index (χ2n) is 6.76. The minimum absolute atomic E-state index is 0.0321. The maximum atomic E-state index is 12.9. The third-order valence-electron chi connectivity index (χ3n) is 5.05. The zero-order valence-electron chi connectivity index (χ0n) is 17.0. The van der Waals surface area contributed by atoms with Crippen LogP contribution in [0.1, 0.15) is 15.9 Å². The predicted octanol–water partition coefficient (Wildman–Crippen LogP) is 2.24. The van der Waals surface area contributed by atoms with Gasteiger partial charge in [-0.3, -0.25) is 9.59 Å². The standard InChI is InChI=1S/C22H26N2O5/c1-27-18-12-17(13-19(15-18)28-2)22(26)24-10-8-23(9-11-24)21(25)14-16-6-4-5-7-20(16)29-3/h4-7,12-13,15H,8-11,14H2,1-3H3. The molecule has 0 saturated carbocycles. The van der Waals surface area contributed by atoms with Crippen molar-refractivity contribution in [3.8, 4) is 17.2 Å². The summed E-state index contributed by atoms with van der Waals surface area (Å²) in [7, 11) is 4.70. The first-order valence-corrected chi connectivity index (χ1v) is 9.47. The molecule has 1 saturated heterocycles. The van der Waals surface area contributed by atoms with Crippen molar-refractivity contribution in [3.63, 3.8) is 0 Å². The molecular formula is C22H26N2O5. The topological polar surface area (TPSA) is 68.3 Å². The molecule has 1 aliphatic rings. The van der Waals surface area contributed by atoms with Crippen molar-refractivity contribution in [2.24, 2.45) is 0 Å². The molecule has 3 rings (SSSR count). The molecule has 0 aromatic heterocycles. The highest BCUT2D eigenvalue weighted by Gasteiger charge is 2.26. The minimum Gasteiger partial charge on any atom is -0.497 e. The molecule has 7 nitrogen and oxygen atoms in total. The van der Waals surface area contributed by atoms with E-state index in [4.69, 9.17) is 14.2 Å². The summed E-state index contributed by atoms with van der Waals surface area (Å²) in [6.07, 6.45) is 0.283. The van der Waals surface area contributed by atoms with Gasteiger partial charge in [0.25, 0.3) is 5.91 Å². The Morgan fingerprint density at radius 3 is 2.00 bits per heavy atom.